The largest absolute Gasteiger partial charge is 0.463 e. The Balaban J connectivity index is 3.54. The first-order chi connectivity index (χ1) is 6.43. The molecule has 0 aliphatic rings. The molecule has 0 unspecified atom stereocenters. The molecule has 0 atom stereocenters. The lowest BCUT2D eigenvalue weighted by molar-refractivity contribution is -0.147. The van der Waals surface area contributed by atoms with Crippen molar-refractivity contribution in [3.63, 3.8) is 0 Å². The van der Waals surface area contributed by atoms with E-state index in [0.29, 0.717) is 19.4 Å². The third-order valence-electron chi connectivity index (χ3n) is 1.65. The summed E-state index contributed by atoms with van der Waals surface area (Å²) in [6, 6.07) is 0. The van der Waals surface area contributed by atoms with Crippen LogP contribution in [-0.4, -0.2) is 36.5 Å². The van der Waals surface area contributed by atoms with Crippen LogP contribution in [0.2, 0.25) is 0 Å². The van der Waals surface area contributed by atoms with E-state index < -0.39 is 0 Å². The van der Waals surface area contributed by atoms with Crippen molar-refractivity contribution in [1.29, 1.82) is 5.41 Å². The maximum atomic E-state index is 11.1. The van der Waals surface area contributed by atoms with Crippen molar-refractivity contribution in [2.24, 2.45) is 5.73 Å². The average molecular weight is 201 g/mol. The van der Waals surface area contributed by atoms with Crippen molar-refractivity contribution < 1.29 is 9.53 Å². The first-order valence-corrected chi connectivity index (χ1v) is 4.68. The average Bonchev–Trinajstić information content (AvgIpc) is 2.02. The van der Waals surface area contributed by atoms with Crippen molar-refractivity contribution in [3.05, 3.63) is 0 Å². The third kappa shape index (κ3) is 6.28. The van der Waals surface area contributed by atoms with Gasteiger partial charge in [0.15, 0.2) is 5.96 Å². The van der Waals surface area contributed by atoms with Crippen LogP contribution in [0.25, 0.3) is 0 Å². The smallest absolute Gasteiger partial charge is 0.306 e. The second-order valence-corrected chi connectivity index (χ2v) is 3.45. The van der Waals surface area contributed by atoms with Gasteiger partial charge in [-0.3, -0.25) is 10.2 Å². The minimum Gasteiger partial charge on any atom is -0.463 e. The summed E-state index contributed by atoms with van der Waals surface area (Å²) in [6.45, 7) is 4.24. The molecule has 14 heavy (non-hydrogen) atoms. The number of nitrogens with two attached hydrogens (primary N) is 1. The van der Waals surface area contributed by atoms with Gasteiger partial charge in [0.25, 0.3) is 0 Å². The van der Waals surface area contributed by atoms with Gasteiger partial charge in [0.1, 0.15) is 0 Å². The first kappa shape index (κ1) is 12.7. The third-order valence-corrected chi connectivity index (χ3v) is 1.65. The molecule has 0 heterocycles. The van der Waals surface area contributed by atoms with Crippen LogP contribution in [0.1, 0.15) is 26.7 Å². The van der Waals surface area contributed by atoms with Crippen LogP contribution in [0.3, 0.4) is 0 Å². The van der Waals surface area contributed by atoms with E-state index in [1.165, 1.54) is 0 Å². The number of rotatable bonds is 5. The number of carbonyl (C=O) groups excluding carboxylic acids is 1. The maximum Gasteiger partial charge on any atom is 0.306 e. The number of nitrogens with one attached hydrogen (secondary N) is 1. The summed E-state index contributed by atoms with van der Waals surface area (Å²) in [5.74, 6) is -0.181. The molecule has 82 valence electrons. The van der Waals surface area contributed by atoms with Gasteiger partial charge in [-0.1, -0.05) is 0 Å². The second-order valence-electron chi connectivity index (χ2n) is 3.45. The molecule has 0 aromatic rings. The van der Waals surface area contributed by atoms with E-state index in [4.69, 9.17) is 15.9 Å². The number of nitrogens with zero attached hydrogens (tertiary/aromatic N) is 1. The lowest BCUT2D eigenvalue weighted by Gasteiger charge is -2.16. The highest BCUT2D eigenvalue weighted by Crippen LogP contribution is 1.98. The summed E-state index contributed by atoms with van der Waals surface area (Å²) >= 11 is 0. The number of guanidine groups is 1. The fourth-order valence-electron chi connectivity index (χ4n) is 0.903. The summed E-state index contributed by atoms with van der Waals surface area (Å²) in [4.78, 5) is 12.7. The van der Waals surface area contributed by atoms with Crippen LogP contribution in [-0.2, 0) is 9.53 Å². The van der Waals surface area contributed by atoms with E-state index in [1.54, 1.807) is 11.9 Å². The molecule has 0 saturated carbocycles. The van der Waals surface area contributed by atoms with Crippen LogP contribution in [0.4, 0.5) is 0 Å². The Hall–Kier alpha value is -1.26. The van der Waals surface area contributed by atoms with Crippen molar-refractivity contribution in [2.75, 3.05) is 13.6 Å². The summed E-state index contributed by atoms with van der Waals surface area (Å²) in [7, 11) is 1.72. The molecule has 0 amide bonds. The highest BCUT2D eigenvalue weighted by atomic mass is 16.5. The van der Waals surface area contributed by atoms with Crippen LogP contribution in [0.15, 0.2) is 0 Å². The fourth-order valence-corrected chi connectivity index (χ4v) is 0.903. The van der Waals surface area contributed by atoms with E-state index in [2.05, 4.69) is 0 Å². The maximum absolute atomic E-state index is 11.1. The molecule has 0 rings (SSSR count). The minimum atomic E-state index is -0.197. The molecule has 0 fully saturated rings. The molecule has 0 bridgehead atoms. The van der Waals surface area contributed by atoms with Crippen LogP contribution in [0, 0.1) is 5.41 Å². The number of ether oxygens (including phenoxy) is 1. The Morgan fingerprint density at radius 1 is 1.57 bits per heavy atom. The van der Waals surface area contributed by atoms with Gasteiger partial charge in [-0.2, -0.15) is 0 Å². The van der Waals surface area contributed by atoms with E-state index in [1.807, 2.05) is 13.8 Å². The van der Waals surface area contributed by atoms with Gasteiger partial charge in [-0.05, 0) is 20.3 Å². The second kappa shape index (κ2) is 6.23. The number of esters is 1. The van der Waals surface area contributed by atoms with Crippen molar-refractivity contribution in [2.45, 2.75) is 32.8 Å². The zero-order chi connectivity index (χ0) is 11.1. The van der Waals surface area contributed by atoms with Crippen molar-refractivity contribution in [3.8, 4) is 0 Å². The first-order valence-electron chi connectivity index (χ1n) is 4.68. The van der Waals surface area contributed by atoms with E-state index >= 15 is 0 Å². The number of hydrogen-bond donors (Lipinski definition) is 2. The predicted octanol–water partition coefficient (Wildman–Crippen LogP) is 0.543. The number of carbonyl (C=O) groups is 1. The Morgan fingerprint density at radius 3 is 2.57 bits per heavy atom. The Kier molecular flexibility index (Phi) is 5.67. The van der Waals surface area contributed by atoms with E-state index in [-0.39, 0.29) is 18.0 Å². The lowest BCUT2D eigenvalue weighted by Crippen LogP contribution is -2.33. The van der Waals surface area contributed by atoms with Gasteiger partial charge in [0.05, 0.1) is 6.10 Å². The zero-order valence-electron chi connectivity index (χ0n) is 9.04. The molecule has 3 N–H and O–H groups in total. The highest BCUT2D eigenvalue weighted by Gasteiger charge is 2.06. The monoisotopic (exact) mass is 201 g/mol. The summed E-state index contributed by atoms with van der Waals surface area (Å²) in [5, 5.41) is 7.09. The summed E-state index contributed by atoms with van der Waals surface area (Å²) in [6.07, 6.45) is 0.963. The molecular weight excluding hydrogens is 182 g/mol. The lowest BCUT2D eigenvalue weighted by atomic mass is 10.3. The van der Waals surface area contributed by atoms with Gasteiger partial charge < -0.3 is 15.4 Å². The molecule has 0 aromatic heterocycles. The fraction of sp³-hybridized carbons (Fsp3) is 0.778. The van der Waals surface area contributed by atoms with Crippen LogP contribution >= 0.6 is 0 Å². The molecule has 0 aliphatic carbocycles. The van der Waals surface area contributed by atoms with Gasteiger partial charge in [0, 0.05) is 20.0 Å². The van der Waals surface area contributed by atoms with Crippen LogP contribution < -0.4 is 5.73 Å². The molecule has 5 nitrogen and oxygen atoms in total. The summed E-state index contributed by atoms with van der Waals surface area (Å²) in [5.41, 5.74) is 5.23. The van der Waals surface area contributed by atoms with Crippen LogP contribution in [0.5, 0.6) is 0 Å². The van der Waals surface area contributed by atoms with Crippen molar-refractivity contribution >= 4 is 11.9 Å². The molecule has 0 spiro atoms. The van der Waals surface area contributed by atoms with Gasteiger partial charge in [-0.15, -0.1) is 0 Å². The van der Waals surface area contributed by atoms with Gasteiger partial charge in [0.2, 0.25) is 0 Å². The molecule has 0 aliphatic heterocycles. The summed E-state index contributed by atoms with van der Waals surface area (Å²) < 4.78 is 4.95. The molecule has 0 saturated heterocycles. The van der Waals surface area contributed by atoms with E-state index in [0.717, 1.165) is 0 Å². The Morgan fingerprint density at radius 2 is 2.14 bits per heavy atom. The molecule has 0 radical (unpaired) electrons. The molecular formula is C9H19N3O2. The number of hydrogen-bond acceptors (Lipinski definition) is 3. The standard InChI is InChI=1S/C9H19N3O2/c1-7(2)14-8(13)5-4-6-12(3)9(10)11/h7H,4-6H2,1-3H3,(H3,10,11). The topological polar surface area (TPSA) is 79.4 Å². The van der Waals surface area contributed by atoms with Crippen molar-refractivity contribution in [1.82, 2.24) is 4.90 Å². The minimum absolute atomic E-state index is 0.0160. The Bertz CT molecular complexity index is 204. The quantitative estimate of drug-likeness (QED) is 0.386. The SMILES string of the molecule is CC(C)OC(=O)CCCN(C)C(=N)N. The highest BCUT2D eigenvalue weighted by molar-refractivity contribution is 5.74. The predicted molar refractivity (Wildman–Crippen MR) is 55.0 cm³/mol. The Labute approximate surface area is 84.7 Å². The van der Waals surface area contributed by atoms with Gasteiger partial charge >= 0.3 is 5.97 Å². The molecule has 5 heteroatoms. The normalized spacial score (nSPS) is 10.0. The molecule has 0 aromatic carbocycles. The van der Waals surface area contributed by atoms with Gasteiger partial charge in [-0.25, -0.2) is 0 Å². The zero-order valence-corrected chi connectivity index (χ0v) is 9.04. The van der Waals surface area contributed by atoms with E-state index in [9.17, 15) is 4.79 Å².